The molecular weight excluding hydrogens is 461 g/mol. The van der Waals surface area contributed by atoms with Crippen LogP contribution in [0.3, 0.4) is 0 Å². The van der Waals surface area contributed by atoms with Crippen molar-refractivity contribution in [3.8, 4) is 5.75 Å². The number of benzene rings is 3. The van der Waals surface area contributed by atoms with E-state index < -0.39 is 21.7 Å². The molecule has 1 heterocycles. The molecule has 178 valence electrons. The number of carbonyl (C=O) groups excluding carboxylic acids is 1. The van der Waals surface area contributed by atoms with Crippen LogP contribution in [0.4, 0.5) is 21.5 Å². The monoisotopic (exact) mass is 485 g/mol. The molecule has 3 aromatic rings. The third-order valence-corrected chi connectivity index (χ3v) is 6.72. The molecule has 0 saturated carbocycles. The zero-order valence-electron chi connectivity index (χ0n) is 18.5. The van der Waals surface area contributed by atoms with Gasteiger partial charge in [0.2, 0.25) is 0 Å². The number of morpholine rings is 1. The van der Waals surface area contributed by atoms with Crippen molar-refractivity contribution in [2.45, 2.75) is 4.90 Å². The van der Waals surface area contributed by atoms with E-state index in [1.165, 1.54) is 37.4 Å². The summed E-state index contributed by atoms with van der Waals surface area (Å²) in [6.07, 6.45) is 0. The Balaban J connectivity index is 1.66. The highest BCUT2D eigenvalue weighted by molar-refractivity contribution is 7.92. The second-order valence-electron chi connectivity index (χ2n) is 7.58. The summed E-state index contributed by atoms with van der Waals surface area (Å²) < 4.78 is 53.1. The Labute approximate surface area is 197 Å². The van der Waals surface area contributed by atoms with Gasteiger partial charge in [-0.15, -0.1) is 0 Å². The topological polar surface area (TPSA) is 97.0 Å². The molecule has 4 rings (SSSR count). The molecule has 0 aromatic heterocycles. The molecule has 0 unspecified atom stereocenters. The summed E-state index contributed by atoms with van der Waals surface area (Å²) >= 11 is 0. The lowest BCUT2D eigenvalue weighted by molar-refractivity contribution is 0.102. The maximum Gasteiger partial charge on any atom is 0.264 e. The number of amides is 1. The Bertz CT molecular complexity index is 1260. The number of methoxy groups -OCH3 is 1. The summed E-state index contributed by atoms with van der Waals surface area (Å²) in [5.41, 5.74) is 1.42. The molecular formula is C24H24FN3O5S. The van der Waals surface area contributed by atoms with Gasteiger partial charge in [0, 0.05) is 30.0 Å². The predicted octanol–water partition coefficient (Wildman–Crippen LogP) is 3.72. The SMILES string of the molecule is COc1ccc(NS(=O)(=O)c2cc(NC(=O)c3ccc(F)cc3)ccc2N2CCOCC2)cc1. The minimum Gasteiger partial charge on any atom is -0.497 e. The molecule has 8 nitrogen and oxygen atoms in total. The van der Waals surface area contributed by atoms with E-state index >= 15 is 0 Å². The molecule has 3 aromatic carbocycles. The van der Waals surface area contributed by atoms with Gasteiger partial charge < -0.3 is 19.7 Å². The van der Waals surface area contributed by atoms with Crippen molar-refractivity contribution in [3.63, 3.8) is 0 Å². The lowest BCUT2D eigenvalue weighted by Gasteiger charge is -2.30. The van der Waals surface area contributed by atoms with E-state index in [0.717, 1.165) is 0 Å². The van der Waals surface area contributed by atoms with Gasteiger partial charge in [-0.3, -0.25) is 9.52 Å². The number of ether oxygens (including phenoxy) is 2. The highest BCUT2D eigenvalue weighted by Crippen LogP contribution is 2.31. The van der Waals surface area contributed by atoms with Gasteiger partial charge in [-0.2, -0.15) is 0 Å². The molecule has 1 fully saturated rings. The van der Waals surface area contributed by atoms with Crippen LogP contribution in [0, 0.1) is 5.82 Å². The molecule has 0 bridgehead atoms. The van der Waals surface area contributed by atoms with Crippen LogP contribution in [0.25, 0.3) is 0 Å². The Morgan fingerprint density at radius 3 is 2.26 bits per heavy atom. The van der Waals surface area contributed by atoms with Crippen LogP contribution < -0.4 is 19.7 Å². The fraction of sp³-hybridized carbons (Fsp3) is 0.208. The fourth-order valence-corrected chi connectivity index (χ4v) is 4.86. The van der Waals surface area contributed by atoms with E-state index in [2.05, 4.69) is 10.0 Å². The number of hydrogen-bond donors (Lipinski definition) is 2. The van der Waals surface area contributed by atoms with Crippen molar-refractivity contribution in [2.75, 3.05) is 48.4 Å². The van der Waals surface area contributed by atoms with Crippen molar-refractivity contribution in [1.82, 2.24) is 0 Å². The van der Waals surface area contributed by atoms with Gasteiger partial charge >= 0.3 is 0 Å². The first-order valence-corrected chi connectivity index (χ1v) is 12.0. The Morgan fingerprint density at radius 1 is 0.971 bits per heavy atom. The number of nitrogens with zero attached hydrogens (tertiary/aromatic N) is 1. The number of anilines is 3. The normalized spacial score (nSPS) is 13.9. The molecule has 0 atom stereocenters. The van der Waals surface area contributed by atoms with Crippen molar-refractivity contribution in [2.24, 2.45) is 0 Å². The average Bonchev–Trinajstić information content (AvgIpc) is 2.85. The van der Waals surface area contributed by atoms with Crippen molar-refractivity contribution >= 4 is 33.0 Å². The maximum atomic E-state index is 13.4. The van der Waals surface area contributed by atoms with Crippen molar-refractivity contribution < 1.29 is 27.1 Å². The van der Waals surface area contributed by atoms with Gasteiger partial charge in [0.15, 0.2) is 0 Å². The zero-order valence-corrected chi connectivity index (χ0v) is 19.3. The smallest absolute Gasteiger partial charge is 0.264 e. The summed E-state index contributed by atoms with van der Waals surface area (Å²) in [7, 11) is -2.49. The Kier molecular flexibility index (Phi) is 6.99. The molecule has 10 heteroatoms. The number of rotatable bonds is 7. The quantitative estimate of drug-likeness (QED) is 0.530. The van der Waals surface area contributed by atoms with E-state index in [1.807, 2.05) is 4.90 Å². The molecule has 1 saturated heterocycles. The summed E-state index contributed by atoms with van der Waals surface area (Å²) in [6, 6.07) is 16.3. The Hall–Kier alpha value is -3.63. The van der Waals surface area contributed by atoms with E-state index in [0.29, 0.717) is 49.1 Å². The highest BCUT2D eigenvalue weighted by atomic mass is 32.2. The van der Waals surface area contributed by atoms with Crippen LogP contribution in [-0.4, -0.2) is 47.7 Å². The summed E-state index contributed by atoms with van der Waals surface area (Å²) in [4.78, 5) is 14.5. The number of carbonyl (C=O) groups is 1. The number of sulfonamides is 1. The van der Waals surface area contributed by atoms with Gasteiger partial charge in [0.1, 0.15) is 16.5 Å². The average molecular weight is 486 g/mol. The molecule has 0 aliphatic carbocycles. The van der Waals surface area contributed by atoms with Crippen molar-refractivity contribution in [3.05, 3.63) is 78.1 Å². The van der Waals surface area contributed by atoms with Gasteiger partial charge in [0.05, 0.1) is 26.0 Å². The first-order chi connectivity index (χ1) is 16.4. The van der Waals surface area contributed by atoms with Gasteiger partial charge in [0.25, 0.3) is 15.9 Å². The van der Waals surface area contributed by atoms with Gasteiger partial charge in [-0.1, -0.05) is 0 Å². The minimum absolute atomic E-state index is 0.0159. The summed E-state index contributed by atoms with van der Waals surface area (Å²) in [6.45, 7) is 2.03. The molecule has 0 spiro atoms. The van der Waals surface area contributed by atoms with Crippen LogP contribution in [0.2, 0.25) is 0 Å². The minimum atomic E-state index is -4.02. The molecule has 0 radical (unpaired) electrons. The van der Waals surface area contributed by atoms with Crippen LogP contribution in [0.5, 0.6) is 5.75 Å². The summed E-state index contributed by atoms with van der Waals surface area (Å²) in [5, 5.41) is 2.69. The van der Waals surface area contributed by atoms with E-state index in [1.54, 1.807) is 36.4 Å². The first-order valence-electron chi connectivity index (χ1n) is 10.6. The lowest BCUT2D eigenvalue weighted by Crippen LogP contribution is -2.37. The van der Waals surface area contributed by atoms with Gasteiger partial charge in [-0.05, 0) is 66.7 Å². The molecule has 1 aliphatic rings. The van der Waals surface area contributed by atoms with E-state index in [-0.39, 0.29) is 10.5 Å². The largest absolute Gasteiger partial charge is 0.497 e. The molecule has 1 aliphatic heterocycles. The lowest BCUT2D eigenvalue weighted by atomic mass is 10.2. The second-order valence-corrected chi connectivity index (χ2v) is 9.23. The van der Waals surface area contributed by atoms with E-state index in [9.17, 15) is 17.6 Å². The van der Waals surface area contributed by atoms with Crippen molar-refractivity contribution in [1.29, 1.82) is 0 Å². The van der Waals surface area contributed by atoms with E-state index in [4.69, 9.17) is 9.47 Å². The molecule has 2 N–H and O–H groups in total. The second kappa shape index (κ2) is 10.1. The van der Waals surface area contributed by atoms with Gasteiger partial charge in [-0.25, -0.2) is 12.8 Å². The van der Waals surface area contributed by atoms with Crippen LogP contribution >= 0.6 is 0 Å². The number of hydrogen-bond acceptors (Lipinski definition) is 6. The first kappa shape index (κ1) is 23.5. The third-order valence-electron chi connectivity index (χ3n) is 5.31. The van der Waals surface area contributed by atoms with Crippen LogP contribution in [0.15, 0.2) is 71.6 Å². The van der Waals surface area contributed by atoms with Crippen LogP contribution in [-0.2, 0) is 14.8 Å². The fourth-order valence-electron chi connectivity index (χ4n) is 3.55. The molecule has 34 heavy (non-hydrogen) atoms. The maximum absolute atomic E-state index is 13.4. The summed E-state index contributed by atoms with van der Waals surface area (Å²) in [5.74, 6) is -0.336. The van der Waals surface area contributed by atoms with Crippen LogP contribution in [0.1, 0.15) is 10.4 Å². The third kappa shape index (κ3) is 5.46. The Morgan fingerprint density at radius 2 is 1.62 bits per heavy atom. The number of nitrogens with one attached hydrogen (secondary N) is 2. The standard InChI is InChI=1S/C24H24FN3O5S/c1-32-21-9-6-19(7-10-21)27-34(30,31)23-16-20(8-11-22(23)28-12-14-33-15-13-28)26-24(29)17-2-4-18(25)5-3-17/h2-11,16,27H,12-15H2,1H3,(H,26,29). The zero-order chi connectivity index (χ0) is 24.1. The number of halogens is 1. The highest BCUT2D eigenvalue weighted by Gasteiger charge is 2.25. The predicted molar refractivity (Wildman–Crippen MR) is 128 cm³/mol. The molecule has 1 amide bonds.